The molecule has 4 aromatic rings. The maximum Gasteiger partial charge on any atom is 0.416 e. The SMILES string of the molecule is Cc1cc2nn(C(CC(C)C)c3ccc(C(=O)NCCC(=O)O)cc3)cc2cc1-c1ccc(C(F)(F)F)cc1Cl. The number of fused-ring (bicyclic) bond motifs is 1. The summed E-state index contributed by atoms with van der Waals surface area (Å²) < 4.78 is 41.3. The number of aromatic nitrogens is 2. The second-order valence-electron chi connectivity index (χ2n) is 10.2. The summed E-state index contributed by atoms with van der Waals surface area (Å²) in [5, 5.41) is 17.0. The fourth-order valence-electron chi connectivity index (χ4n) is 4.64. The first-order valence-corrected chi connectivity index (χ1v) is 13.2. The highest BCUT2D eigenvalue weighted by molar-refractivity contribution is 6.33. The molecular formula is C30H29ClF3N3O3. The second-order valence-corrected chi connectivity index (χ2v) is 10.6. The molecule has 0 fully saturated rings. The topological polar surface area (TPSA) is 84.2 Å². The fraction of sp³-hybridized carbons (Fsp3) is 0.300. The van der Waals surface area contributed by atoms with Crippen LogP contribution in [-0.2, 0) is 11.0 Å². The average Bonchev–Trinajstić information content (AvgIpc) is 3.28. The molecule has 0 radical (unpaired) electrons. The second kappa shape index (κ2) is 11.7. The minimum Gasteiger partial charge on any atom is -0.481 e. The van der Waals surface area contributed by atoms with Gasteiger partial charge in [-0.1, -0.05) is 43.6 Å². The number of amides is 1. The van der Waals surface area contributed by atoms with Gasteiger partial charge in [-0.25, -0.2) is 0 Å². The molecule has 1 amide bonds. The highest BCUT2D eigenvalue weighted by atomic mass is 35.5. The van der Waals surface area contributed by atoms with Gasteiger partial charge < -0.3 is 10.4 Å². The molecule has 0 spiro atoms. The summed E-state index contributed by atoms with van der Waals surface area (Å²) in [6.45, 7) is 6.13. The Hall–Kier alpha value is -3.85. The molecule has 4 rings (SSSR count). The van der Waals surface area contributed by atoms with Crippen LogP contribution in [-0.4, -0.2) is 33.3 Å². The van der Waals surface area contributed by atoms with Gasteiger partial charge in [0.15, 0.2) is 0 Å². The smallest absolute Gasteiger partial charge is 0.416 e. The Labute approximate surface area is 234 Å². The zero-order valence-corrected chi connectivity index (χ0v) is 23.0. The van der Waals surface area contributed by atoms with Gasteiger partial charge in [0.2, 0.25) is 0 Å². The number of halogens is 4. The van der Waals surface area contributed by atoms with Gasteiger partial charge in [-0.05, 0) is 72.4 Å². The van der Waals surface area contributed by atoms with Gasteiger partial charge in [-0.2, -0.15) is 18.3 Å². The van der Waals surface area contributed by atoms with Crippen molar-refractivity contribution < 1.29 is 27.9 Å². The third-order valence-corrected chi connectivity index (χ3v) is 6.96. The van der Waals surface area contributed by atoms with Crippen molar-refractivity contribution in [1.29, 1.82) is 0 Å². The number of carboxylic acid groups (broad SMARTS) is 1. The number of nitrogens with one attached hydrogen (secondary N) is 1. The molecule has 2 N–H and O–H groups in total. The molecule has 0 saturated carbocycles. The first-order chi connectivity index (χ1) is 18.8. The van der Waals surface area contributed by atoms with E-state index >= 15 is 0 Å². The number of rotatable bonds is 9. The number of nitrogens with zero attached hydrogens (tertiary/aromatic N) is 2. The minimum absolute atomic E-state index is 0.0226. The third-order valence-electron chi connectivity index (χ3n) is 6.65. The summed E-state index contributed by atoms with van der Waals surface area (Å²) in [6, 6.07) is 14.2. The molecular weight excluding hydrogens is 543 g/mol. The number of aliphatic carboxylic acids is 1. The molecule has 10 heteroatoms. The van der Waals surface area contributed by atoms with Crippen LogP contribution in [0.2, 0.25) is 5.02 Å². The monoisotopic (exact) mass is 571 g/mol. The van der Waals surface area contributed by atoms with Crippen molar-refractivity contribution in [1.82, 2.24) is 15.1 Å². The lowest BCUT2D eigenvalue weighted by Gasteiger charge is -2.20. The maximum atomic E-state index is 13.1. The Bertz CT molecular complexity index is 1550. The molecule has 0 saturated heterocycles. The summed E-state index contributed by atoms with van der Waals surface area (Å²) in [5.74, 6) is -0.994. The Morgan fingerprint density at radius 2 is 1.75 bits per heavy atom. The molecule has 3 aromatic carbocycles. The quantitative estimate of drug-likeness (QED) is 0.217. The number of carbonyl (C=O) groups is 2. The molecule has 0 aliphatic carbocycles. The van der Waals surface area contributed by atoms with Crippen LogP contribution in [0.4, 0.5) is 13.2 Å². The van der Waals surface area contributed by atoms with Gasteiger partial charge in [0.25, 0.3) is 5.91 Å². The van der Waals surface area contributed by atoms with E-state index in [-0.39, 0.29) is 29.9 Å². The third kappa shape index (κ3) is 6.65. The lowest BCUT2D eigenvalue weighted by atomic mass is 9.96. The van der Waals surface area contributed by atoms with Crippen molar-refractivity contribution >= 4 is 34.4 Å². The molecule has 1 aromatic heterocycles. The van der Waals surface area contributed by atoms with Crippen molar-refractivity contribution in [3.05, 3.63) is 88.1 Å². The van der Waals surface area contributed by atoms with Crippen molar-refractivity contribution in [3.63, 3.8) is 0 Å². The van der Waals surface area contributed by atoms with E-state index in [4.69, 9.17) is 21.8 Å². The van der Waals surface area contributed by atoms with Crippen LogP contribution in [0.25, 0.3) is 22.0 Å². The molecule has 1 atom stereocenters. The van der Waals surface area contributed by atoms with Crippen LogP contribution in [0.1, 0.15) is 59.8 Å². The summed E-state index contributed by atoms with van der Waals surface area (Å²) in [7, 11) is 0. The van der Waals surface area contributed by atoms with Crippen molar-refractivity contribution in [2.24, 2.45) is 5.92 Å². The maximum absolute atomic E-state index is 13.1. The number of hydrogen-bond acceptors (Lipinski definition) is 3. The van der Waals surface area contributed by atoms with Gasteiger partial charge in [0.05, 0.1) is 23.5 Å². The van der Waals surface area contributed by atoms with E-state index in [0.29, 0.717) is 17.0 Å². The molecule has 1 heterocycles. The number of hydrogen-bond donors (Lipinski definition) is 2. The Morgan fingerprint density at radius 3 is 2.35 bits per heavy atom. The molecule has 210 valence electrons. The van der Waals surface area contributed by atoms with Gasteiger partial charge in [-0.3, -0.25) is 14.3 Å². The summed E-state index contributed by atoms with van der Waals surface area (Å²) in [6.07, 6.45) is -1.94. The fourth-order valence-corrected chi connectivity index (χ4v) is 4.92. The molecule has 1 unspecified atom stereocenters. The predicted octanol–water partition coefficient (Wildman–Crippen LogP) is 7.52. The van der Waals surface area contributed by atoms with E-state index < -0.39 is 17.7 Å². The Balaban J connectivity index is 1.65. The van der Waals surface area contributed by atoms with Crippen LogP contribution >= 0.6 is 11.6 Å². The standard InChI is InChI=1S/C30H29ClF3N3O3/c1-17(2)12-27(19-4-6-20(7-5-19)29(40)35-11-10-28(38)39)37-16-21-14-24(18(3)13-26(21)36-37)23-9-8-22(15-25(23)31)30(32,33)34/h4-9,13-17,27H,10-12H2,1-3H3,(H,35,40)(H,38,39). The van der Waals surface area contributed by atoms with Crippen LogP contribution in [0.5, 0.6) is 0 Å². The molecule has 0 bridgehead atoms. The lowest BCUT2D eigenvalue weighted by Crippen LogP contribution is -2.26. The van der Waals surface area contributed by atoms with Crippen molar-refractivity contribution in [3.8, 4) is 11.1 Å². The summed E-state index contributed by atoms with van der Waals surface area (Å²) >= 11 is 6.29. The van der Waals surface area contributed by atoms with E-state index in [1.807, 2.05) is 42.1 Å². The van der Waals surface area contributed by atoms with E-state index in [1.54, 1.807) is 12.1 Å². The number of carbonyl (C=O) groups excluding carboxylic acids is 1. The van der Waals surface area contributed by atoms with E-state index in [0.717, 1.165) is 46.1 Å². The van der Waals surface area contributed by atoms with Gasteiger partial charge in [0.1, 0.15) is 0 Å². The first-order valence-electron chi connectivity index (χ1n) is 12.8. The Morgan fingerprint density at radius 1 is 1.05 bits per heavy atom. The van der Waals surface area contributed by atoms with Crippen molar-refractivity contribution in [2.75, 3.05) is 6.54 Å². The highest BCUT2D eigenvalue weighted by Crippen LogP contribution is 2.38. The number of aryl methyl sites for hydroxylation is 1. The first kappa shape index (κ1) is 29.1. The van der Waals surface area contributed by atoms with Crippen LogP contribution in [0, 0.1) is 12.8 Å². The van der Waals surface area contributed by atoms with E-state index in [1.165, 1.54) is 6.07 Å². The van der Waals surface area contributed by atoms with Crippen LogP contribution in [0.3, 0.4) is 0 Å². The van der Waals surface area contributed by atoms with Crippen molar-refractivity contribution in [2.45, 2.75) is 45.8 Å². The predicted molar refractivity (Wildman–Crippen MR) is 149 cm³/mol. The zero-order valence-electron chi connectivity index (χ0n) is 22.2. The van der Waals surface area contributed by atoms with Gasteiger partial charge in [-0.15, -0.1) is 0 Å². The highest BCUT2D eigenvalue weighted by Gasteiger charge is 2.31. The van der Waals surface area contributed by atoms with E-state index in [9.17, 15) is 22.8 Å². The lowest BCUT2D eigenvalue weighted by molar-refractivity contribution is -0.138. The molecule has 0 aliphatic heterocycles. The summed E-state index contributed by atoms with van der Waals surface area (Å²) in [4.78, 5) is 23.0. The number of benzene rings is 3. The number of carboxylic acids is 1. The number of alkyl halides is 3. The molecule has 40 heavy (non-hydrogen) atoms. The Kier molecular flexibility index (Phi) is 8.54. The van der Waals surface area contributed by atoms with E-state index in [2.05, 4.69) is 19.2 Å². The molecule has 6 nitrogen and oxygen atoms in total. The van der Waals surface area contributed by atoms with Crippen LogP contribution < -0.4 is 5.32 Å². The minimum atomic E-state index is -4.48. The zero-order chi connectivity index (χ0) is 29.2. The van der Waals surface area contributed by atoms with Gasteiger partial charge >= 0.3 is 12.1 Å². The molecule has 0 aliphatic rings. The summed E-state index contributed by atoms with van der Waals surface area (Å²) in [5.41, 5.74) is 3.39. The van der Waals surface area contributed by atoms with Gasteiger partial charge in [0, 0.05) is 34.3 Å². The average molecular weight is 572 g/mol. The normalized spacial score (nSPS) is 12.6. The van der Waals surface area contributed by atoms with Crippen LogP contribution in [0.15, 0.2) is 60.8 Å². The largest absolute Gasteiger partial charge is 0.481 e.